The van der Waals surface area contributed by atoms with E-state index < -0.39 is 24.3 Å². The van der Waals surface area contributed by atoms with Crippen LogP contribution in [0.25, 0.3) is 0 Å². The summed E-state index contributed by atoms with van der Waals surface area (Å²) in [7, 11) is 5.90. The molecular formula is C70H115NO8. The van der Waals surface area contributed by atoms with Crippen LogP contribution in [-0.2, 0) is 33.3 Å². The van der Waals surface area contributed by atoms with Crippen LogP contribution >= 0.6 is 0 Å². The van der Waals surface area contributed by atoms with E-state index in [4.69, 9.17) is 18.9 Å². The molecule has 0 rings (SSSR count). The number of carbonyl (C=O) groups is 3. The van der Waals surface area contributed by atoms with Crippen molar-refractivity contribution in [3.8, 4) is 0 Å². The molecule has 0 aliphatic heterocycles. The Kier molecular flexibility index (Phi) is 56.1. The van der Waals surface area contributed by atoms with Gasteiger partial charge in [0, 0.05) is 12.8 Å². The van der Waals surface area contributed by atoms with E-state index in [0.717, 1.165) is 103 Å². The summed E-state index contributed by atoms with van der Waals surface area (Å²) in [4.78, 5) is 37.4. The van der Waals surface area contributed by atoms with Gasteiger partial charge in [-0.05, 0) is 116 Å². The number of likely N-dealkylation sites (N-methyl/N-ethyl adjacent to an activating group) is 1. The van der Waals surface area contributed by atoms with Crippen molar-refractivity contribution in [1.29, 1.82) is 0 Å². The van der Waals surface area contributed by atoms with E-state index in [0.29, 0.717) is 17.4 Å². The third-order valence-corrected chi connectivity index (χ3v) is 12.9. The molecule has 0 aromatic carbocycles. The third-order valence-electron chi connectivity index (χ3n) is 12.9. The molecule has 9 nitrogen and oxygen atoms in total. The molecule has 0 saturated carbocycles. The fourth-order valence-corrected chi connectivity index (χ4v) is 8.09. The van der Waals surface area contributed by atoms with Crippen LogP contribution in [0.2, 0.25) is 0 Å². The molecule has 2 atom stereocenters. The molecule has 79 heavy (non-hydrogen) atoms. The smallest absolute Gasteiger partial charge is 0.306 e. The molecule has 2 unspecified atom stereocenters. The lowest BCUT2D eigenvalue weighted by atomic mass is 10.0. The number of hydrogen-bond acceptors (Lipinski definition) is 8. The summed E-state index contributed by atoms with van der Waals surface area (Å²) >= 11 is 0. The second-order valence-corrected chi connectivity index (χ2v) is 21.6. The Balaban J connectivity index is 4.33. The van der Waals surface area contributed by atoms with Crippen molar-refractivity contribution in [3.05, 3.63) is 134 Å². The number of quaternary nitrogens is 1. The lowest BCUT2D eigenvalue weighted by Gasteiger charge is -2.26. The highest BCUT2D eigenvalue weighted by Gasteiger charge is 2.22. The lowest BCUT2D eigenvalue weighted by Crippen LogP contribution is -2.44. The summed E-state index contributed by atoms with van der Waals surface area (Å²) in [5.74, 6) is -2.34. The molecule has 0 aromatic rings. The molecule has 0 radical (unpaired) electrons. The van der Waals surface area contributed by atoms with Crippen LogP contribution in [0.4, 0.5) is 0 Å². The first kappa shape index (κ1) is 74.4. The van der Waals surface area contributed by atoms with Crippen molar-refractivity contribution in [2.24, 2.45) is 0 Å². The van der Waals surface area contributed by atoms with Crippen molar-refractivity contribution in [3.63, 3.8) is 0 Å². The Morgan fingerprint density at radius 1 is 0.392 bits per heavy atom. The van der Waals surface area contributed by atoms with Crippen LogP contribution < -0.4 is 5.11 Å². The summed E-state index contributed by atoms with van der Waals surface area (Å²) in [5.41, 5.74) is 0. The number of nitrogens with zero attached hydrogens (tertiary/aromatic N) is 1. The fraction of sp³-hybridized carbons (Fsp3) is 0.643. The van der Waals surface area contributed by atoms with Crippen LogP contribution in [0, 0.1) is 0 Å². The van der Waals surface area contributed by atoms with E-state index in [9.17, 15) is 19.5 Å². The maximum Gasteiger partial charge on any atom is 0.306 e. The molecule has 9 heteroatoms. The molecule has 0 fully saturated rings. The van der Waals surface area contributed by atoms with Gasteiger partial charge in [-0.15, -0.1) is 0 Å². The Bertz CT molecular complexity index is 1750. The Morgan fingerprint density at radius 2 is 0.722 bits per heavy atom. The number of rotatable bonds is 56. The van der Waals surface area contributed by atoms with E-state index >= 15 is 0 Å². The van der Waals surface area contributed by atoms with Gasteiger partial charge in [0.05, 0.1) is 40.3 Å². The van der Waals surface area contributed by atoms with Gasteiger partial charge in [-0.2, -0.15) is 0 Å². The highest BCUT2D eigenvalue weighted by atomic mass is 16.7. The zero-order valence-corrected chi connectivity index (χ0v) is 50.9. The standard InChI is InChI=1S/C70H115NO8/c1-6-8-10-12-14-16-18-20-22-24-26-28-30-31-32-33-34-35-36-37-39-41-43-45-47-49-51-53-55-57-59-61-68(73)79-66(65-78-70(69(74)75)76-63-62-71(3,4)5)64-77-67(72)60-58-56-54-52-50-48-46-44-42-40-38-29-27-25-23-21-19-17-15-13-11-9-7-2/h8,10,14,16,19-22,25-28,31-32,34-35,37,39,43,45,49,51,66,70H,6-7,9,11-13,15,17-18,23-24,29-30,33,36,38,40-42,44,46-48,50,52-65H2,1-5H3/b10-8-,16-14-,21-19-,22-20-,27-25-,28-26-,32-31-,35-34-,39-37-,45-43-,51-49-. The highest BCUT2D eigenvalue weighted by Crippen LogP contribution is 2.15. The van der Waals surface area contributed by atoms with E-state index in [1.807, 2.05) is 21.1 Å². The number of allylic oxidation sites excluding steroid dienone is 22. The molecule has 0 aliphatic carbocycles. The summed E-state index contributed by atoms with van der Waals surface area (Å²) in [5, 5.41) is 11.8. The minimum absolute atomic E-state index is 0.133. The van der Waals surface area contributed by atoms with Crippen LogP contribution in [0.15, 0.2) is 134 Å². The number of unbranched alkanes of at least 4 members (excludes halogenated alkanes) is 19. The van der Waals surface area contributed by atoms with Gasteiger partial charge in [0.25, 0.3) is 0 Å². The number of carbonyl (C=O) groups excluding carboxylic acids is 3. The first-order chi connectivity index (χ1) is 38.6. The summed E-state index contributed by atoms with van der Waals surface area (Å²) in [6.07, 6.45) is 82.2. The van der Waals surface area contributed by atoms with Crippen LogP contribution in [0.3, 0.4) is 0 Å². The normalized spacial score (nSPS) is 13.7. The van der Waals surface area contributed by atoms with Crippen LogP contribution in [0.5, 0.6) is 0 Å². The predicted octanol–water partition coefficient (Wildman–Crippen LogP) is 17.7. The lowest BCUT2D eigenvalue weighted by molar-refractivity contribution is -0.870. The highest BCUT2D eigenvalue weighted by molar-refractivity contribution is 5.70. The van der Waals surface area contributed by atoms with Crippen molar-refractivity contribution in [1.82, 2.24) is 0 Å². The topological polar surface area (TPSA) is 111 Å². The third kappa shape index (κ3) is 60.9. The Hall–Kier alpha value is -4.57. The molecule has 0 saturated heterocycles. The molecule has 0 spiro atoms. The second kappa shape index (κ2) is 59.5. The number of carboxylic acids is 1. The molecular weight excluding hydrogens is 983 g/mol. The largest absolute Gasteiger partial charge is 0.545 e. The van der Waals surface area contributed by atoms with Crippen LogP contribution in [0.1, 0.15) is 232 Å². The minimum Gasteiger partial charge on any atom is -0.545 e. The van der Waals surface area contributed by atoms with Crippen molar-refractivity contribution < 1.29 is 42.9 Å². The van der Waals surface area contributed by atoms with Gasteiger partial charge in [0.2, 0.25) is 0 Å². The number of aliphatic carboxylic acids is 1. The second-order valence-electron chi connectivity index (χ2n) is 21.6. The van der Waals surface area contributed by atoms with Crippen molar-refractivity contribution in [2.75, 3.05) is 47.5 Å². The van der Waals surface area contributed by atoms with Crippen molar-refractivity contribution >= 4 is 17.9 Å². The zero-order valence-electron chi connectivity index (χ0n) is 50.9. The molecule has 0 heterocycles. The van der Waals surface area contributed by atoms with E-state index in [1.54, 1.807) is 0 Å². The number of hydrogen-bond donors (Lipinski definition) is 0. The monoisotopic (exact) mass is 1100 g/mol. The van der Waals surface area contributed by atoms with Gasteiger partial charge in [-0.3, -0.25) is 9.59 Å². The molecule has 0 amide bonds. The molecule has 0 aromatic heterocycles. The summed E-state index contributed by atoms with van der Waals surface area (Å²) < 4.78 is 22.7. The van der Waals surface area contributed by atoms with E-state index in [1.165, 1.54) is 96.3 Å². The maximum absolute atomic E-state index is 12.9. The summed E-state index contributed by atoms with van der Waals surface area (Å²) in [6.45, 7) is 4.57. The Morgan fingerprint density at radius 3 is 1.09 bits per heavy atom. The first-order valence-electron chi connectivity index (χ1n) is 31.3. The summed E-state index contributed by atoms with van der Waals surface area (Å²) in [6, 6.07) is 0. The van der Waals surface area contributed by atoms with Gasteiger partial charge in [-0.25, -0.2) is 0 Å². The first-order valence-corrected chi connectivity index (χ1v) is 31.3. The quantitative estimate of drug-likeness (QED) is 0.0195. The number of carboxylic acid groups (broad SMARTS) is 1. The van der Waals surface area contributed by atoms with Gasteiger partial charge in [0.15, 0.2) is 12.4 Å². The van der Waals surface area contributed by atoms with E-state index in [-0.39, 0.29) is 38.6 Å². The molecule has 0 N–H and O–H groups in total. The van der Waals surface area contributed by atoms with Crippen molar-refractivity contribution in [2.45, 2.75) is 245 Å². The average Bonchev–Trinajstić information content (AvgIpc) is 3.42. The predicted molar refractivity (Wildman–Crippen MR) is 333 cm³/mol. The van der Waals surface area contributed by atoms with Gasteiger partial charge < -0.3 is 33.3 Å². The van der Waals surface area contributed by atoms with Gasteiger partial charge in [-0.1, -0.05) is 237 Å². The maximum atomic E-state index is 12.9. The number of esters is 2. The van der Waals surface area contributed by atoms with E-state index in [2.05, 4.69) is 148 Å². The average molecular weight is 1100 g/mol. The molecule has 0 bridgehead atoms. The number of ether oxygens (including phenoxy) is 4. The zero-order chi connectivity index (χ0) is 57.6. The van der Waals surface area contributed by atoms with Crippen LogP contribution in [-0.4, -0.2) is 82.3 Å². The molecule has 0 aliphatic rings. The minimum atomic E-state index is -1.64. The SMILES string of the molecule is CC/C=C\C/C=C\C/C=C\C/C=C\C/C=C\C/C=C\C/C=C\C/C=C\C/C=C\CCCCCC(=O)OC(COC(=O)CCCCCCCCCCCCC/C=C\C/C=C\CCCCCCC)COC(OCC[N+](C)(C)C)C(=O)[O-]. The Labute approximate surface area is 484 Å². The molecule has 448 valence electrons. The van der Waals surface area contributed by atoms with Gasteiger partial charge >= 0.3 is 11.9 Å². The fourth-order valence-electron chi connectivity index (χ4n) is 8.09. The van der Waals surface area contributed by atoms with Gasteiger partial charge in [0.1, 0.15) is 13.2 Å².